The molecule has 0 fully saturated rings. The molecule has 0 saturated carbocycles. The topological polar surface area (TPSA) is 95.2 Å². The number of nitrogens with zero attached hydrogens (tertiary/aromatic N) is 1. The van der Waals surface area contributed by atoms with Crippen molar-refractivity contribution >= 4 is 11.4 Å². The van der Waals surface area contributed by atoms with Gasteiger partial charge in [0.05, 0.1) is 4.92 Å². The summed E-state index contributed by atoms with van der Waals surface area (Å²) < 4.78 is 0. The van der Waals surface area contributed by atoms with Gasteiger partial charge in [0.1, 0.15) is 0 Å². The van der Waals surface area contributed by atoms with Crippen LogP contribution >= 0.6 is 0 Å². The molecular weight excluding hydrogens is 170 g/mol. The first-order valence-corrected chi connectivity index (χ1v) is 3.81. The van der Waals surface area contributed by atoms with Crippen LogP contribution in [0.3, 0.4) is 0 Å². The van der Waals surface area contributed by atoms with Gasteiger partial charge >= 0.3 is 0 Å². The van der Waals surface area contributed by atoms with E-state index in [-0.39, 0.29) is 11.7 Å². The van der Waals surface area contributed by atoms with Crippen LogP contribution in [0.5, 0.6) is 0 Å². The smallest absolute Gasteiger partial charge is 0.271 e. The maximum atomic E-state index is 10.4. The van der Waals surface area contributed by atoms with Crippen LogP contribution in [-0.2, 0) is 0 Å². The third-order valence-electron chi connectivity index (χ3n) is 1.70. The van der Waals surface area contributed by atoms with Crippen molar-refractivity contribution in [1.82, 2.24) is 0 Å². The van der Waals surface area contributed by atoms with Crippen molar-refractivity contribution in [3.63, 3.8) is 0 Å². The van der Waals surface area contributed by atoms with Crippen LogP contribution in [0, 0.1) is 10.1 Å². The maximum absolute atomic E-state index is 10.4. The van der Waals surface area contributed by atoms with Crippen LogP contribution in [0.1, 0.15) is 18.5 Å². The normalized spacial score (nSPS) is 12.5. The average molecular weight is 181 g/mol. The largest absolute Gasteiger partial charge is 0.399 e. The van der Waals surface area contributed by atoms with E-state index >= 15 is 0 Å². The zero-order valence-corrected chi connectivity index (χ0v) is 7.23. The molecule has 5 heteroatoms. The second kappa shape index (κ2) is 3.40. The average Bonchev–Trinajstić information content (AvgIpc) is 2.03. The number of anilines is 1. The van der Waals surface area contributed by atoms with E-state index in [1.165, 1.54) is 12.1 Å². The monoisotopic (exact) mass is 181 g/mol. The zero-order valence-electron chi connectivity index (χ0n) is 7.23. The van der Waals surface area contributed by atoms with Crippen molar-refractivity contribution in [2.75, 3.05) is 5.73 Å². The van der Waals surface area contributed by atoms with Crippen molar-refractivity contribution in [1.29, 1.82) is 0 Å². The summed E-state index contributed by atoms with van der Waals surface area (Å²) >= 11 is 0. The summed E-state index contributed by atoms with van der Waals surface area (Å²) in [6.07, 6.45) is 0. The lowest BCUT2D eigenvalue weighted by Crippen LogP contribution is -2.06. The number of nitrogens with two attached hydrogens (primary N) is 2. The van der Waals surface area contributed by atoms with Crippen molar-refractivity contribution in [3.8, 4) is 0 Å². The Morgan fingerprint density at radius 2 is 2.08 bits per heavy atom. The molecule has 0 aromatic heterocycles. The van der Waals surface area contributed by atoms with Crippen LogP contribution < -0.4 is 11.5 Å². The first-order chi connectivity index (χ1) is 6.00. The molecule has 0 amide bonds. The summed E-state index contributed by atoms with van der Waals surface area (Å²) in [5.74, 6) is 0. The number of rotatable bonds is 2. The highest BCUT2D eigenvalue weighted by atomic mass is 16.6. The molecule has 0 radical (unpaired) electrons. The minimum absolute atomic E-state index is 0.0210. The molecule has 1 unspecified atom stereocenters. The van der Waals surface area contributed by atoms with E-state index in [0.717, 1.165) is 0 Å². The van der Waals surface area contributed by atoms with Crippen molar-refractivity contribution in [2.24, 2.45) is 5.73 Å². The van der Waals surface area contributed by atoms with Crippen LogP contribution in [0.4, 0.5) is 11.4 Å². The van der Waals surface area contributed by atoms with Crippen molar-refractivity contribution in [2.45, 2.75) is 13.0 Å². The zero-order chi connectivity index (χ0) is 10.0. The van der Waals surface area contributed by atoms with E-state index in [1.54, 1.807) is 13.0 Å². The second-order valence-corrected chi connectivity index (χ2v) is 2.90. The van der Waals surface area contributed by atoms with Crippen molar-refractivity contribution in [3.05, 3.63) is 33.9 Å². The Bertz CT molecular complexity index is 336. The minimum atomic E-state index is -0.484. The summed E-state index contributed by atoms with van der Waals surface area (Å²) in [5, 5.41) is 10.4. The molecule has 13 heavy (non-hydrogen) atoms. The SMILES string of the molecule is CC(N)c1cc(N)cc([N+](=O)[O-])c1. The van der Waals surface area contributed by atoms with Gasteiger partial charge in [0.25, 0.3) is 5.69 Å². The number of nitrogen functional groups attached to an aromatic ring is 1. The summed E-state index contributed by atoms with van der Waals surface area (Å²) in [5.41, 5.74) is 12.1. The van der Waals surface area contributed by atoms with Crippen LogP contribution in [0.15, 0.2) is 18.2 Å². The molecule has 1 atom stereocenters. The van der Waals surface area contributed by atoms with E-state index in [0.29, 0.717) is 11.3 Å². The van der Waals surface area contributed by atoms with Gasteiger partial charge in [0, 0.05) is 23.9 Å². The van der Waals surface area contributed by atoms with Crippen LogP contribution in [-0.4, -0.2) is 4.92 Å². The molecule has 0 bridgehead atoms. The highest BCUT2D eigenvalue weighted by molar-refractivity contribution is 5.51. The van der Waals surface area contributed by atoms with Gasteiger partial charge in [-0.2, -0.15) is 0 Å². The number of nitro benzene ring substituents is 1. The van der Waals surface area contributed by atoms with E-state index in [2.05, 4.69) is 0 Å². The third-order valence-corrected chi connectivity index (χ3v) is 1.70. The Morgan fingerprint density at radius 1 is 1.46 bits per heavy atom. The van der Waals surface area contributed by atoms with Gasteiger partial charge in [-0.25, -0.2) is 0 Å². The number of non-ortho nitro benzene ring substituents is 1. The van der Waals surface area contributed by atoms with E-state index in [1.807, 2.05) is 0 Å². The summed E-state index contributed by atoms with van der Waals surface area (Å²) in [7, 11) is 0. The lowest BCUT2D eigenvalue weighted by molar-refractivity contribution is -0.384. The molecule has 4 N–H and O–H groups in total. The first-order valence-electron chi connectivity index (χ1n) is 3.81. The Labute approximate surface area is 75.5 Å². The third kappa shape index (κ3) is 2.16. The predicted molar refractivity (Wildman–Crippen MR) is 50.1 cm³/mol. The second-order valence-electron chi connectivity index (χ2n) is 2.90. The molecular formula is C8H11N3O2. The molecule has 0 saturated heterocycles. The van der Waals surface area contributed by atoms with Gasteiger partial charge < -0.3 is 11.5 Å². The predicted octanol–water partition coefficient (Wildman–Crippen LogP) is 1.20. The Balaban J connectivity index is 3.19. The van der Waals surface area contributed by atoms with Gasteiger partial charge in [-0.3, -0.25) is 10.1 Å². The number of benzene rings is 1. The molecule has 5 nitrogen and oxygen atoms in total. The number of hydrogen-bond donors (Lipinski definition) is 2. The molecule has 0 heterocycles. The fraction of sp³-hybridized carbons (Fsp3) is 0.250. The molecule has 1 aromatic carbocycles. The van der Waals surface area contributed by atoms with E-state index in [4.69, 9.17) is 11.5 Å². The lowest BCUT2D eigenvalue weighted by Gasteiger charge is -2.05. The highest BCUT2D eigenvalue weighted by Crippen LogP contribution is 2.21. The minimum Gasteiger partial charge on any atom is -0.399 e. The fourth-order valence-corrected chi connectivity index (χ4v) is 1.03. The molecule has 1 aromatic rings. The lowest BCUT2D eigenvalue weighted by atomic mass is 10.1. The van der Waals surface area contributed by atoms with Gasteiger partial charge in [-0.15, -0.1) is 0 Å². The molecule has 0 aliphatic rings. The Hall–Kier alpha value is -1.62. The Morgan fingerprint density at radius 3 is 2.54 bits per heavy atom. The van der Waals surface area contributed by atoms with Gasteiger partial charge in [0.15, 0.2) is 0 Å². The first kappa shape index (κ1) is 9.47. The standard InChI is InChI=1S/C8H11N3O2/c1-5(9)6-2-7(10)4-8(3-6)11(12)13/h2-5H,9-10H2,1H3. The number of nitro groups is 1. The molecule has 0 spiro atoms. The summed E-state index contributed by atoms with van der Waals surface area (Å²) in [6.45, 7) is 1.75. The molecule has 1 rings (SSSR count). The molecule has 70 valence electrons. The van der Waals surface area contributed by atoms with Gasteiger partial charge in [0.2, 0.25) is 0 Å². The van der Waals surface area contributed by atoms with Gasteiger partial charge in [-0.05, 0) is 18.6 Å². The van der Waals surface area contributed by atoms with Crippen LogP contribution in [0.2, 0.25) is 0 Å². The van der Waals surface area contributed by atoms with Crippen molar-refractivity contribution < 1.29 is 4.92 Å². The van der Waals surface area contributed by atoms with Crippen LogP contribution in [0.25, 0.3) is 0 Å². The Kier molecular flexibility index (Phi) is 2.48. The summed E-state index contributed by atoms with van der Waals surface area (Å²) in [6, 6.07) is 4.13. The number of hydrogen-bond acceptors (Lipinski definition) is 4. The van der Waals surface area contributed by atoms with E-state index in [9.17, 15) is 10.1 Å². The van der Waals surface area contributed by atoms with E-state index < -0.39 is 4.92 Å². The fourth-order valence-electron chi connectivity index (χ4n) is 1.03. The van der Waals surface area contributed by atoms with Gasteiger partial charge in [-0.1, -0.05) is 0 Å². The molecule has 0 aliphatic heterocycles. The maximum Gasteiger partial charge on any atom is 0.271 e. The highest BCUT2D eigenvalue weighted by Gasteiger charge is 2.10. The molecule has 0 aliphatic carbocycles. The quantitative estimate of drug-likeness (QED) is 0.407. The summed E-state index contributed by atoms with van der Waals surface area (Å²) in [4.78, 5) is 9.95.